The van der Waals surface area contributed by atoms with Gasteiger partial charge in [0, 0.05) is 25.4 Å². The van der Waals surface area contributed by atoms with Gasteiger partial charge in [-0.15, -0.1) is 0 Å². The van der Waals surface area contributed by atoms with E-state index in [0.29, 0.717) is 18.7 Å². The van der Waals surface area contributed by atoms with Crippen LogP contribution in [-0.2, 0) is 21.2 Å². The van der Waals surface area contributed by atoms with E-state index in [0.717, 1.165) is 11.3 Å². The average molecular weight is 345 g/mol. The van der Waals surface area contributed by atoms with E-state index in [2.05, 4.69) is 9.71 Å². The van der Waals surface area contributed by atoms with E-state index in [1.165, 1.54) is 13.0 Å². The predicted molar refractivity (Wildman–Crippen MR) is 91.1 cm³/mol. The molecule has 0 fully saturated rings. The van der Waals surface area contributed by atoms with Crippen molar-refractivity contribution in [3.8, 4) is 0 Å². The van der Waals surface area contributed by atoms with Crippen LogP contribution in [0.2, 0.25) is 0 Å². The molecule has 1 amide bonds. The summed E-state index contributed by atoms with van der Waals surface area (Å²) in [6, 6.07) is 9.83. The number of nitrogens with zero attached hydrogens (tertiary/aromatic N) is 2. The van der Waals surface area contributed by atoms with Crippen molar-refractivity contribution in [2.45, 2.75) is 31.2 Å². The molecule has 126 valence electrons. The number of carbonyl (C=O) groups is 1. The van der Waals surface area contributed by atoms with Crippen LogP contribution in [0.4, 0.5) is 5.69 Å². The number of hydrogen-bond acceptors (Lipinski definition) is 4. The molecule has 1 aromatic heterocycles. The summed E-state index contributed by atoms with van der Waals surface area (Å²) >= 11 is 0. The summed E-state index contributed by atoms with van der Waals surface area (Å²) in [4.78, 5) is 17.6. The molecule has 7 heteroatoms. The van der Waals surface area contributed by atoms with Crippen LogP contribution in [-0.4, -0.2) is 25.9 Å². The van der Waals surface area contributed by atoms with Gasteiger partial charge in [0.1, 0.15) is 0 Å². The standard InChI is InChI=1S/C17H19N3O3S/c1-12(16-5-3-4-9-18-16)19-24(22,23)15-6-7-17-14(11-15)8-10-20(17)13(2)21/h3-7,9,11-12,19H,8,10H2,1-2H3. The van der Waals surface area contributed by atoms with Crippen LogP contribution >= 0.6 is 0 Å². The van der Waals surface area contributed by atoms with Gasteiger partial charge in [0.25, 0.3) is 0 Å². The number of benzene rings is 1. The Kier molecular flexibility index (Phi) is 4.38. The Labute approximate surface area is 141 Å². The van der Waals surface area contributed by atoms with Crippen LogP contribution in [0, 0.1) is 0 Å². The maximum Gasteiger partial charge on any atom is 0.241 e. The van der Waals surface area contributed by atoms with Crippen molar-refractivity contribution in [2.75, 3.05) is 11.4 Å². The Morgan fingerprint density at radius 2 is 2.08 bits per heavy atom. The second-order valence-electron chi connectivity index (χ2n) is 5.81. The maximum atomic E-state index is 12.6. The Hall–Kier alpha value is -2.25. The predicted octanol–water partition coefficient (Wildman–Crippen LogP) is 2.03. The number of carbonyl (C=O) groups excluding carboxylic acids is 1. The highest BCUT2D eigenvalue weighted by molar-refractivity contribution is 7.89. The zero-order valence-corrected chi connectivity index (χ0v) is 14.4. The lowest BCUT2D eigenvalue weighted by Crippen LogP contribution is -2.27. The molecule has 1 N–H and O–H groups in total. The second-order valence-corrected chi connectivity index (χ2v) is 7.52. The first-order chi connectivity index (χ1) is 11.4. The second kappa shape index (κ2) is 6.33. The highest BCUT2D eigenvalue weighted by Gasteiger charge is 2.25. The van der Waals surface area contributed by atoms with Crippen LogP contribution in [0.1, 0.15) is 31.1 Å². The molecular formula is C17H19N3O3S. The van der Waals surface area contributed by atoms with E-state index in [9.17, 15) is 13.2 Å². The summed E-state index contributed by atoms with van der Waals surface area (Å²) in [5.41, 5.74) is 2.32. The molecule has 0 aliphatic carbocycles. The normalized spacial score (nSPS) is 15.2. The molecular weight excluding hydrogens is 326 g/mol. The zero-order chi connectivity index (χ0) is 17.3. The third kappa shape index (κ3) is 3.18. The van der Waals surface area contributed by atoms with Crippen LogP contribution in [0.15, 0.2) is 47.5 Å². The monoisotopic (exact) mass is 345 g/mol. The van der Waals surface area contributed by atoms with Gasteiger partial charge >= 0.3 is 0 Å². The first kappa shape index (κ1) is 16.6. The molecule has 3 rings (SSSR count). The summed E-state index contributed by atoms with van der Waals surface area (Å²) in [6.45, 7) is 3.85. The van der Waals surface area contributed by atoms with E-state index >= 15 is 0 Å². The highest BCUT2D eigenvalue weighted by Crippen LogP contribution is 2.30. The molecule has 2 heterocycles. The molecule has 1 aliphatic heterocycles. The van der Waals surface area contributed by atoms with Crippen LogP contribution in [0.5, 0.6) is 0 Å². The number of fused-ring (bicyclic) bond motifs is 1. The number of hydrogen-bond donors (Lipinski definition) is 1. The van der Waals surface area contributed by atoms with Gasteiger partial charge in [0.05, 0.1) is 16.6 Å². The minimum absolute atomic E-state index is 0.0359. The molecule has 1 aromatic carbocycles. The summed E-state index contributed by atoms with van der Waals surface area (Å²) < 4.78 is 27.9. The molecule has 0 saturated carbocycles. The largest absolute Gasteiger partial charge is 0.312 e. The van der Waals surface area contributed by atoms with Crippen molar-refractivity contribution in [2.24, 2.45) is 0 Å². The average Bonchev–Trinajstić information content (AvgIpc) is 2.98. The maximum absolute atomic E-state index is 12.6. The summed E-state index contributed by atoms with van der Waals surface area (Å²) in [6.07, 6.45) is 2.29. The van der Waals surface area contributed by atoms with E-state index in [1.807, 2.05) is 6.07 Å². The lowest BCUT2D eigenvalue weighted by Gasteiger charge is -2.16. The number of amides is 1. The first-order valence-corrected chi connectivity index (χ1v) is 9.21. The highest BCUT2D eigenvalue weighted by atomic mass is 32.2. The number of pyridine rings is 1. The Balaban J connectivity index is 1.85. The number of nitrogens with one attached hydrogen (secondary N) is 1. The molecule has 0 spiro atoms. The SMILES string of the molecule is CC(=O)N1CCc2cc(S(=O)(=O)NC(C)c3ccccn3)ccc21. The third-order valence-corrected chi connectivity index (χ3v) is 5.64. The molecule has 1 aliphatic rings. The van der Waals surface area contributed by atoms with Gasteiger partial charge in [-0.25, -0.2) is 13.1 Å². The van der Waals surface area contributed by atoms with Gasteiger partial charge in [0.15, 0.2) is 0 Å². The molecule has 1 unspecified atom stereocenters. The van der Waals surface area contributed by atoms with E-state index in [4.69, 9.17) is 0 Å². The smallest absolute Gasteiger partial charge is 0.241 e. The van der Waals surface area contributed by atoms with Crippen molar-refractivity contribution in [3.63, 3.8) is 0 Å². The summed E-state index contributed by atoms with van der Waals surface area (Å²) in [5, 5.41) is 0. The quantitative estimate of drug-likeness (QED) is 0.919. The fourth-order valence-corrected chi connectivity index (χ4v) is 4.13. The summed E-state index contributed by atoms with van der Waals surface area (Å²) in [5.74, 6) is -0.0359. The van der Waals surface area contributed by atoms with Gasteiger partial charge in [-0.05, 0) is 49.2 Å². The number of rotatable bonds is 4. The van der Waals surface area contributed by atoms with Crippen molar-refractivity contribution in [3.05, 3.63) is 53.9 Å². The van der Waals surface area contributed by atoms with Crippen LogP contribution in [0.3, 0.4) is 0 Å². The topological polar surface area (TPSA) is 79.4 Å². The minimum Gasteiger partial charge on any atom is -0.312 e. The van der Waals surface area contributed by atoms with E-state index < -0.39 is 16.1 Å². The third-order valence-electron chi connectivity index (χ3n) is 4.10. The fraction of sp³-hybridized carbons (Fsp3) is 0.294. The first-order valence-electron chi connectivity index (χ1n) is 7.73. The number of anilines is 1. The summed E-state index contributed by atoms with van der Waals surface area (Å²) in [7, 11) is -3.66. The van der Waals surface area contributed by atoms with Crippen molar-refractivity contribution >= 4 is 21.6 Å². The lowest BCUT2D eigenvalue weighted by molar-refractivity contribution is -0.116. The lowest BCUT2D eigenvalue weighted by atomic mass is 10.2. The van der Waals surface area contributed by atoms with Gasteiger partial charge in [-0.2, -0.15) is 0 Å². The Morgan fingerprint density at radius 3 is 2.75 bits per heavy atom. The molecule has 0 saturated heterocycles. The van der Waals surface area contributed by atoms with Gasteiger partial charge in [0.2, 0.25) is 15.9 Å². The number of aromatic nitrogens is 1. The van der Waals surface area contributed by atoms with Crippen LogP contribution in [0.25, 0.3) is 0 Å². The van der Waals surface area contributed by atoms with E-state index in [1.54, 1.807) is 42.3 Å². The number of sulfonamides is 1. The molecule has 2 aromatic rings. The van der Waals surface area contributed by atoms with Gasteiger partial charge < -0.3 is 4.90 Å². The fourth-order valence-electron chi connectivity index (χ4n) is 2.87. The molecule has 0 bridgehead atoms. The molecule has 6 nitrogen and oxygen atoms in total. The minimum atomic E-state index is -3.66. The van der Waals surface area contributed by atoms with E-state index in [-0.39, 0.29) is 10.8 Å². The van der Waals surface area contributed by atoms with Crippen molar-refractivity contribution in [1.29, 1.82) is 0 Å². The molecule has 1 atom stereocenters. The van der Waals surface area contributed by atoms with Crippen molar-refractivity contribution < 1.29 is 13.2 Å². The van der Waals surface area contributed by atoms with Gasteiger partial charge in [-0.3, -0.25) is 9.78 Å². The Bertz CT molecular complexity index is 866. The zero-order valence-electron chi connectivity index (χ0n) is 13.6. The molecule has 0 radical (unpaired) electrons. The Morgan fingerprint density at radius 1 is 1.29 bits per heavy atom. The van der Waals surface area contributed by atoms with Gasteiger partial charge in [-0.1, -0.05) is 6.07 Å². The van der Waals surface area contributed by atoms with Crippen molar-refractivity contribution in [1.82, 2.24) is 9.71 Å². The molecule has 24 heavy (non-hydrogen) atoms. The van der Waals surface area contributed by atoms with Crippen LogP contribution < -0.4 is 9.62 Å².